The summed E-state index contributed by atoms with van der Waals surface area (Å²) in [6, 6.07) is 15.1. The monoisotopic (exact) mass is 417 g/mol. The lowest BCUT2D eigenvalue weighted by atomic mass is 9.97. The highest BCUT2D eigenvalue weighted by Crippen LogP contribution is 2.24. The van der Waals surface area contributed by atoms with Gasteiger partial charge in [-0.1, -0.05) is 29.8 Å². The van der Waals surface area contributed by atoms with Gasteiger partial charge in [-0.25, -0.2) is 8.42 Å². The topological polar surface area (TPSA) is 90.3 Å². The molecule has 1 saturated heterocycles. The van der Waals surface area contributed by atoms with Crippen LogP contribution in [0.4, 0.5) is 0 Å². The maximum Gasteiger partial charge on any atom is 0.243 e. The number of hydrogen-bond acceptors (Lipinski definition) is 4. The van der Waals surface area contributed by atoms with E-state index in [9.17, 15) is 13.2 Å². The summed E-state index contributed by atoms with van der Waals surface area (Å²) in [5.41, 5.74) is 1.26. The van der Waals surface area contributed by atoms with Gasteiger partial charge in [-0.2, -0.15) is 9.57 Å². The summed E-state index contributed by atoms with van der Waals surface area (Å²) in [4.78, 5) is 12.6. The van der Waals surface area contributed by atoms with Crippen LogP contribution in [0, 0.1) is 17.2 Å². The largest absolute Gasteiger partial charge is 0.352 e. The zero-order chi connectivity index (χ0) is 20.1. The Kier molecular flexibility index (Phi) is 6.35. The van der Waals surface area contributed by atoms with E-state index in [4.69, 9.17) is 16.9 Å². The van der Waals surface area contributed by atoms with Crippen LogP contribution in [0.25, 0.3) is 0 Å². The molecule has 1 aliphatic heterocycles. The maximum absolute atomic E-state index is 12.7. The molecule has 8 heteroatoms. The van der Waals surface area contributed by atoms with E-state index in [-0.39, 0.29) is 29.8 Å². The molecule has 1 fully saturated rings. The standard InChI is InChI=1S/C20H20ClN3O3S/c21-19-4-2-1-3-17(19)14-23-20(25)16-9-11-24(12-10-16)28(26,27)18-7-5-15(13-22)6-8-18/h1-8,16H,9-12,14H2,(H,23,25). The van der Waals surface area contributed by atoms with Gasteiger partial charge in [0.05, 0.1) is 16.5 Å². The molecule has 0 aromatic heterocycles. The predicted molar refractivity (Wildman–Crippen MR) is 106 cm³/mol. The number of carbonyl (C=O) groups excluding carboxylic acids is 1. The highest BCUT2D eigenvalue weighted by molar-refractivity contribution is 7.89. The lowest BCUT2D eigenvalue weighted by Gasteiger charge is -2.30. The van der Waals surface area contributed by atoms with Gasteiger partial charge in [0.1, 0.15) is 0 Å². The van der Waals surface area contributed by atoms with Crippen LogP contribution >= 0.6 is 11.6 Å². The number of nitrogens with one attached hydrogen (secondary N) is 1. The Morgan fingerprint density at radius 2 is 1.79 bits per heavy atom. The number of sulfonamides is 1. The lowest BCUT2D eigenvalue weighted by Crippen LogP contribution is -2.42. The Morgan fingerprint density at radius 3 is 2.39 bits per heavy atom. The molecule has 0 spiro atoms. The molecule has 6 nitrogen and oxygen atoms in total. The summed E-state index contributed by atoms with van der Waals surface area (Å²) in [5.74, 6) is -0.315. The third-order valence-corrected chi connectivity index (χ3v) is 7.14. The van der Waals surface area contributed by atoms with Crippen molar-refractivity contribution in [2.24, 2.45) is 5.92 Å². The van der Waals surface area contributed by atoms with Crippen molar-refractivity contribution >= 4 is 27.5 Å². The number of hydrogen-bond donors (Lipinski definition) is 1. The number of amides is 1. The molecule has 0 bridgehead atoms. The van der Waals surface area contributed by atoms with Gasteiger partial charge in [-0.15, -0.1) is 0 Å². The zero-order valence-electron chi connectivity index (χ0n) is 15.1. The summed E-state index contributed by atoms with van der Waals surface area (Å²) >= 11 is 6.10. The van der Waals surface area contributed by atoms with E-state index in [0.717, 1.165) is 5.56 Å². The minimum absolute atomic E-state index is 0.0876. The third-order valence-electron chi connectivity index (χ3n) is 4.86. The Morgan fingerprint density at radius 1 is 1.14 bits per heavy atom. The minimum atomic E-state index is -3.62. The lowest BCUT2D eigenvalue weighted by molar-refractivity contribution is -0.126. The molecule has 0 aliphatic carbocycles. The van der Waals surface area contributed by atoms with Gasteiger partial charge < -0.3 is 5.32 Å². The zero-order valence-corrected chi connectivity index (χ0v) is 16.7. The van der Waals surface area contributed by atoms with Crippen molar-refractivity contribution in [3.05, 3.63) is 64.7 Å². The van der Waals surface area contributed by atoms with Crippen LogP contribution < -0.4 is 5.32 Å². The average molecular weight is 418 g/mol. The van der Waals surface area contributed by atoms with Crippen molar-refractivity contribution in [3.63, 3.8) is 0 Å². The molecule has 28 heavy (non-hydrogen) atoms. The number of nitriles is 1. The van der Waals surface area contributed by atoms with Gasteiger partial charge in [0.2, 0.25) is 15.9 Å². The van der Waals surface area contributed by atoms with Crippen LogP contribution in [0.3, 0.4) is 0 Å². The van der Waals surface area contributed by atoms with Crippen molar-refractivity contribution in [2.45, 2.75) is 24.3 Å². The number of piperidine rings is 1. The van der Waals surface area contributed by atoms with Gasteiger partial charge in [-0.05, 0) is 48.7 Å². The van der Waals surface area contributed by atoms with Crippen LogP contribution in [0.15, 0.2) is 53.4 Å². The van der Waals surface area contributed by atoms with Gasteiger partial charge in [0.25, 0.3) is 0 Å². The van der Waals surface area contributed by atoms with Crippen LogP contribution in [0.2, 0.25) is 5.02 Å². The predicted octanol–water partition coefficient (Wildman–Crippen LogP) is 2.93. The molecule has 2 aromatic carbocycles. The van der Waals surface area contributed by atoms with Crippen LogP contribution in [-0.2, 0) is 21.4 Å². The number of nitrogens with zero attached hydrogens (tertiary/aromatic N) is 2. The number of rotatable bonds is 5. The van der Waals surface area contributed by atoms with E-state index in [1.165, 1.54) is 28.6 Å². The van der Waals surface area contributed by atoms with E-state index in [2.05, 4.69) is 5.32 Å². The maximum atomic E-state index is 12.7. The van der Waals surface area contributed by atoms with Crippen molar-refractivity contribution in [1.29, 1.82) is 5.26 Å². The van der Waals surface area contributed by atoms with E-state index in [1.807, 2.05) is 24.3 Å². The van der Waals surface area contributed by atoms with Crippen LogP contribution in [0.1, 0.15) is 24.0 Å². The Hall–Kier alpha value is -2.40. The summed E-state index contributed by atoms with van der Waals surface area (Å²) in [6.45, 7) is 0.918. The summed E-state index contributed by atoms with van der Waals surface area (Å²) in [6.07, 6.45) is 0.924. The van der Waals surface area contributed by atoms with Crippen molar-refractivity contribution in [2.75, 3.05) is 13.1 Å². The van der Waals surface area contributed by atoms with E-state index in [0.29, 0.717) is 30.0 Å². The molecular weight excluding hydrogens is 398 g/mol. The first-order valence-electron chi connectivity index (χ1n) is 8.93. The Balaban J connectivity index is 1.56. The quantitative estimate of drug-likeness (QED) is 0.809. The van der Waals surface area contributed by atoms with Gasteiger partial charge >= 0.3 is 0 Å². The van der Waals surface area contributed by atoms with Crippen LogP contribution in [-0.4, -0.2) is 31.7 Å². The van der Waals surface area contributed by atoms with E-state index < -0.39 is 10.0 Å². The van der Waals surface area contributed by atoms with Crippen molar-refractivity contribution < 1.29 is 13.2 Å². The second-order valence-corrected chi connectivity index (χ2v) is 8.97. The molecule has 1 N–H and O–H groups in total. The second kappa shape index (κ2) is 8.74. The summed E-state index contributed by atoms with van der Waals surface area (Å²) < 4.78 is 26.9. The average Bonchev–Trinajstić information content (AvgIpc) is 2.73. The van der Waals surface area contributed by atoms with Gasteiger partial charge in [0, 0.05) is 30.6 Å². The highest BCUT2D eigenvalue weighted by atomic mass is 35.5. The van der Waals surface area contributed by atoms with Gasteiger partial charge in [-0.3, -0.25) is 4.79 Å². The molecule has 146 valence electrons. The Bertz CT molecular complexity index is 992. The number of benzene rings is 2. The number of halogens is 1. The molecule has 1 aliphatic rings. The smallest absolute Gasteiger partial charge is 0.243 e. The van der Waals surface area contributed by atoms with Crippen molar-refractivity contribution in [1.82, 2.24) is 9.62 Å². The van der Waals surface area contributed by atoms with E-state index >= 15 is 0 Å². The van der Waals surface area contributed by atoms with Crippen molar-refractivity contribution in [3.8, 4) is 6.07 Å². The highest BCUT2D eigenvalue weighted by Gasteiger charge is 2.32. The van der Waals surface area contributed by atoms with Gasteiger partial charge in [0.15, 0.2) is 0 Å². The van der Waals surface area contributed by atoms with E-state index in [1.54, 1.807) is 6.07 Å². The second-order valence-electron chi connectivity index (χ2n) is 6.62. The molecule has 1 amide bonds. The summed E-state index contributed by atoms with van der Waals surface area (Å²) in [7, 11) is -3.62. The molecular formula is C20H20ClN3O3S. The fraction of sp³-hybridized carbons (Fsp3) is 0.300. The normalized spacial score (nSPS) is 15.7. The molecule has 3 rings (SSSR count). The fourth-order valence-corrected chi connectivity index (χ4v) is 4.85. The first-order chi connectivity index (χ1) is 13.4. The first-order valence-corrected chi connectivity index (χ1v) is 10.7. The Labute approximate surface area is 169 Å². The number of carbonyl (C=O) groups is 1. The SMILES string of the molecule is N#Cc1ccc(S(=O)(=O)N2CCC(C(=O)NCc3ccccc3Cl)CC2)cc1. The molecule has 0 radical (unpaired) electrons. The molecule has 2 aromatic rings. The molecule has 0 atom stereocenters. The molecule has 0 unspecified atom stereocenters. The molecule has 1 heterocycles. The molecule has 0 saturated carbocycles. The summed E-state index contributed by atoms with van der Waals surface area (Å²) in [5, 5.41) is 12.3. The minimum Gasteiger partial charge on any atom is -0.352 e. The van der Waals surface area contributed by atoms with Crippen LogP contribution in [0.5, 0.6) is 0 Å². The fourth-order valence-electron chi connectivity index (χ4n) is 3.18. The third kappa shape index (κ3) is 4.53. The first kappa shape index (κ1) is 20.3.